The predicted molar refractivity (Wildman–Crippen MR) is 153 cm³/mol. The number of likely N-dealkylation sites (tertiary alicyclic amines) is 3. The van der Waals surface area contributed by atoms with E-state index in [1.165, 1.54) is 4.90 Å². The molecule has 45 heavy (non-hydrogen) atoms. The first-order chi connectivity index (χ1) is 21.3. The van der Waals surface area contributed by atoms with Crippen molar-refractivity contribution in [1.82, 2.24) is 24.3 Å². The second-order valence-electron chi connectivity index (χ2n) is 12.3. The van der Waals surface area contributed by atoms with Gasteiger partial charge in [0.05, 0.1) is 11.1 Å². The highest BCUT2D eigenvalue weighted by Crippen LogP contribution is 2.42. The quantitative estimate of drug-likeness (QED) is 0.316. The van der Waals surface area contributed by atoms with Crippen molar-refractivity contribution in [2.24, 2.45) is 5.41 Å². The van der Waals surface area contributed by atoms with Crippen LogP contribution in [0.3, 0.4) is 0 Å². The summed E-state index contributed by atoms with van der Waals surface area (Å²) >= 11 is 1.13. The molecular formula is C31H31F6N5O2S. The molecule has 0 saturated carbocycles. The molecule has 3 atom stereocenters. The number of hydrogen-bond acceptors (Lipinski definition) is 6. The van der Waals surface area contributed by atoms with E-state index in [9.17, 15) is 35.9 Å². The van der Waals surface area contributed by atoms with E-state index in [2.05, 4.69) is 14.5 Å². The maximum absolute atomic E-state index is 13.7. The number of rotatable bonds is 5. The van der Waals surface area contributed by atoms with Crippen molar-refractivity contribution in [1.29, 1.82) is 0 Å². The number of nitrogens with zero attached hydrogens (tertiary/aromatic N) is 5. The molecule has 3 unspecified atom stereocenters. The Morgan fingerprint density at radius 1 is 0.889 bits per heavy atom. The van der Waals surface area contributed by atoms with Gasteiger partial charge in [-0.2, -0.15) is 26.3 Å². The first-order valence-electron chi connectivity index (χ1n) is 14.8. The zero-order valence-corrected chi connectivity index (χ0v) is 25.0. The van der Waals surface area contributed by atoms with Gasteiger partial charge in [-0.25, -0.2) is 0 Å². The average molecular weight is 652 g/mol. The minimum Gasteiger partial charge on any atom is -0.337 e. The zero-order valence-electron chi connectivity index (χ0n) is 24.2. The van der Waals surface area contributed by atoms with Crippen molar-refractivity contribution >= 4 is 23.3 Å². The van der Waals surface area contributed by atoms with E-state index in [1.807, 2.05) is 35.2 Å². The lowest BCUT2D eigenvalue weighted by molar-refractivity contribution is -0.143. The largest absolute Gasteiger partial charge is 0.416 e. The SMILES string of the molecule is O=C(c1csnn1)N1CCC2(CCN(C3CCN(C(=O)c4cc(C(F)(F)F)cc(C(F)(F)F)c4)C(Cc4ccccc4)C3)C2)C1. The van der Waals surface area contributed by atoms with Crippen molar-refractivity contribution in [3.05, 3.63) is 81.9 Å². The van der Waals surface area contributed by atoms with Gasteiger partial charge in [-0.3, -0.25) is 14.5 Å². The molecule has 1 spiro atoms. The Balaban J connectivity index is 1.21. The van der Waals surface area contributed by atoms with Gasteiger partial charge >= 0.3 is 12.4 Å². The Hall–Kier alpha value is -3.52. The first-order valence-corrected chi connectivity index (χ1v) is 15.6. The molecule has 0 bridgehead atoms. The third-order valence-electron chi connectivity index (χ3n) is 9.39. The van der Waals surface area contributed by atoms with Gasteiger partial charge < -0.3 is 9.80 Å². The number of hydrogen-bond donors (Lipinski definition) is 0. The average Bonchev–Trinajstić information content (AvgIpc) is 3.78. The van der Waals surface area contributed by atoms with Crippen molar-refractivity contribution < 1.29 is 35.9 Å². The standard InChI is InChI=1S/C31H31F6N5O2S/c32-30(33,34)22-13-21(14-23(15-22)31(35,36)37)27(43)42-9-6-24(16-25(42)12-20-4-2-1-3-5-20)40-10-7-29(18-40)8-11-41(19-29)28(44)26-17-45-39-38-26/h1-5,13-15,17,24-25H,6-12,16,18-19H2. The molecule has 14 heteroatoms. The van der Waals surface area contributed by atoms with Gasteiger partial charge in [-0.05, 0) is 73.9 Å². The van der Waals surface area contributed by atoms with E-state index in [0.29, 0.717) is 50.2 Å². The Kier molecular flexibility index (Phi) is 8.40. The molecule has 2 aromatic carbocycles. The van der Waals surface area contributed by atoms with Gasteiger partial charge in [0.25, 0.3) is 11.8 Å². The van der Waals surface area contributed by atoms with Gasteiger partial charge in [0, 0.05) is 54.6 Å². The summed E-state index contributed by atoms with van der Waals surface area (Å²) in [6.07, 6.45) is -6.86. The minimum absolute atomic E-state index is 0.0408. The maximum Gasteiger partial charge on any atom is 0.416 e. The number of amides is 2. The van der Waals surface area contributed by atoms with Crippen molar-refractivity contribution in [3.8, 4) is 0 Å². The Bertz CT molecular complexity index is 1500. The Morgan fingerprint density at radius 2 is 1.58 bits per heavy atom. The van der Waals surface area contributed by atoms with Crippen LogP contribution >= 0.6 is 11.5 Å². The molecule has 4 heterocycles. The van der Waals surface area contributed by atoms with Crippen LogP contribution in [0.1, 0.15) is 63.2 Å². The predicted octanol–water partition coefficient (Wildman–Crippen LogP) is 6.03. The molecule has 6 rings (SSSR count). The summed E-state index contributed by atoms with van der Waals surface area (Å²) in [6.45, 7) is 3.01. The highest BCUT2D eigenvalue weighted by Gasteiger charge is 2.48. The first kappa shape index (κ1) is 31.5. The maximum atomic E-state index is 13.7. The van der Waals surface area contributed by atoms with Gasteiger partial charge in [0.2, 0.25) is 0 Å². The van der Waals surface area contributed by atoms with E-state index >= 15 is 0 Å². The molecule has 3 fully saturated rings. The van der Waals surface area contributed by atoms with Crippen LogP contribution in [-0.2, 0) is 18.8 Å². The number of carbonyl (C=O) groups is 2. The zero-order chi connectivity index (χ0) is 32.0. The molecule has 3 aromatic rings. The summed E-state index contributed by atoms with van der Waals surface area (Å²) in [5.41, 5.74) is -2.44. The molecule has 3 saturated heterocycles. The van der Waals surface area contributed by atoms with Gasteiger partial charge in [0.1, 0.15) is 0 Å². The van der Waals surface area contributed by atoms with E-state index in [4.69, 9.17) is 0 Å². The van der Waals surface area contributed by atoms with Crippen LogP contribution < -0.4 is 0 Å². The van der Waals surface area contributed by atoms with Crippen LogP contribution in [0.2, 0.25) is 0 Å². The number of halogens is 6. The smallest absolute Gasteiger partial charge is 0.337 e. The fourth-order valence-electron chi connectivity index (χ4n) is 7.10. The third-order valence-corrected chi connectivity index (χ3v) is 9.89. The highest BCUT2D eigenvalue weighted by atomic mass is 32.1. The van der Waals surface area contributed by atoms with Crippen LogP contribution in [0.4, 0.5) is 26.3 Å². The summed E-state index contributed by atoms with van der Waals surface area (Å²) in [5, 5.41) is 5.55. The van der Waals surface area contributed by atoms with Crippen LogP contribution in [-0.4, -0.2) is 80.9 Å². The van der Waals surface area contributed by atoms with Crippen LogP contribution in [0.15, 0.2) is 53.9 Å². The highest BCUT2D eigenvalue weighted by molar-refractivity contribution is 7.03. The monoisotopic (exact) mass is 651 g/mol. The second kappa shape index (κ2) is 12.0. The molecule has 3 aliphatic rings. The van der Waals surface area contributed by atoms with Crippen molar-refractivity contribution in [2.75, 3.05) is 32.7 Å². The molecular weight excluding hydrogens is 620 g/mol. The molecule has 0 N–H and O–H groups in total. The lowest BCUT2D eigenvalue weighted by Crippen LogP contribution is -2.52. The van der Waals surface area contributed by atoms with E-state index in [0.717, 1.165) is 43.0 Å². The number of aromatic nitrogens is 2. The van der Waals surface area contributed by atoms with E-state index < -0.39 is 41.0 Å². The number of piperidine rings is 1. The van der Waals surface area contributed by atoms with E-state index in [-0.39, 0.29) is 30.0 Å². The molecule has 0 radical (unpaired) electrons. The van der Waals surface area contributed by atoms with E-state index in [1.54, 1.807) is 5.38 Å². The molecule has 240 valence electrons. The summed E-state index contributed by atoms with van der Waals surface area (Å²) < 4.78 is 85.2. The summed E-state index contributed by atoms with van der Waals surface area (Å²) in [5.74, 6) is -0.970. The van der Waals surface area contributed by atoms with Crippen molar-refractivity contribution in [2.45, 2.75) is 56.5 Å². The summed E-state index contributed by atoms with van der Waals surface area (Å²) in [6, 6.07) is 10.0. The molecule has 7 nitrogen and oxygen atoms in total. The molecule has 3 aliphatic heterocycles. The summed E-state index contributed by atoms with van der Waals surface area (Å²) in [7, 11) is 0. The normalized spacial score (nSPS) is 24.5. The lowest BCUT2D eigenvalue weighted by atomic mass is 9.86. The second-order valence-corrected chi connectivity index (χ2v) is 12.9. The molecule has 0 aliphatic carbocycles. The Labute approximate surface area is 260 Å². The fourth-order valence-corrected chi connectivity index (χ4v) is 7.53. The number of carbonyl (C=O) groups excluding carboxylic acids is 2. The summed E-state index contributed by atoms with van der Waals surface area (Å²) in [4.78, 5) is 32.2. The topological polar surface area (TPSA) is 69.6 Å². The molecule has 1 aromatic heterocycles. The van der Waals surface area contributed by atoms with Gasteiger partial charge in [-0.1, -0.05) is 34.8 Å². The fraction of sp³-hybridized carbons (Fsp3) is 0.484. The number of benzene rings is 2. The van der Waals surface area contributed by atoms with Crippen molar-refractivity contribution in [3.63, 3.8) is 0 Å². The lowest BCUT2D eigenvalue weighted by Gasteiger charge is -2.43. The van der Waals surface area contributed by atoms with Crippen LogP contribution in [0, 0.1) is 5.41 Å². The van der Waals surface area contributed by atoms with Crippen LogP contribution in [0.5, 0.6) is 0 Å². The Morgan fingerprint density at radius 3 is 2.22 bits per heavy atom. The third kappa shape index (κ3) is 6.71. The van der Waals surface area contributed by atoms with Crippen LogP contribution in [0.25, 0.3) is 0 Å². The number of alkyl halides is 6. The van der Waals surface area contributed by atoms with Gasteiger partial charge in [0.15, 0.2) is 5.69 Å². The minimum atomic E-state index is -5.05. The van der Waals surface area contributed by atoms with Gasteiger partial charge in [-0.15, -0.1) is 5.10 Å². The molecule has 2 amide bonds.